The molecule has 196 valence electrons. The molecular formula is C29H32Cl2N2O2S2. The molecule has 0 bridgehead atoms. The summed E-state index contributed by atoms with van der Waals surface area (Å²) in [6, 6.07) is 23.0. The van der Waals surface area contributed by atoms with E-state index in [9.17, 15) is 8.42 Å². The zero-order valence-corrected chi connectivity index (χ0v) is 24.0. The number of fused-ring (bicyclic) bond motifs is 2. The van der Waals surface area contributed by atoms with Crippen molar-refractivity contribution in [3.63, 3.8) is 0 Å². The molecule has 0 aliphatic carbocycles. The molecule has 1 spiro atoms. The first-order valence-corrected chi connectivity index (χ1v) is 15.8. The molecule has 1 saturated heterocycles. The molecule has 0 unspecified atom stereocenters. The van der Waals surface area contributed by atoms with Gasteiger partial charge in [0, 0.05) is 39.2 Å². The zero-order valence-electron chi connectivity index (χ0n) is 20.9. The summed E-state index contributed by atoms with van der Waals surface area (Å²) in [5.41, 5.74) is 2.62. The van der Waals surface area contributed by atoms with Gasteiger partial charge in [0.1, 0.15) is 0 Å². The van der Waals surface area contributed by atoms with E-state index in [1.807, 2.05) is 30.0 Å². The average molecular weight is 576 g/mol. The van der Waals surface area contributed by atoms with Crippen LogP contribution >= 0.6 is 35.0 Å². The summed E-state index contributed by atoms with van der Waals surface area (Å²) in [7, 11) is -1.95. The van der Waals surface area contributed by atoms with Crippen LogP contribution in [0, 0.1) is 0 Å². The Balaban J connectivity index is 1.42. The molecule has 37 heavy (non-hydrogen) atoms. The van der Waals surface area contributed by atoms with Gasteiger partial charge in [-0.3, -0.25) is 0 Å². The fraction of sp³-hybridized carbons (Fsp3) is 0.379. The lowest BCUT2D eigenvalue weighted by atomic mass is 9.69. The lowest BCUT2D eigenvalue weighted by Gasteiger charge is -2.40. The van der Waals surface area contributed by atoms with Gasteiger partial charge in [0.2, 0.25) is 10.0 Å². The van der Waals surface area contributed by atoms with Crippen molar-refractivity contribution in [2.45, 2.75) is 52.1 Å². The Morgan fingerprint density at radius 2 is 1.65 bits per heavy atom. The summed E-state index contributed by atoms with van der Waals surface area (Å²) in [4.78, 5) is 1.69. The van der Waals surface area contributed by atoms with Gasteiger partial charge in [-0.25, -0.2) is 12.7 Å². The molecule has 2 atom stereocenters. The van der Waals surface area contributed by atoms with Gasteiger partial charge in [0.15, 0.2) is 0 Å². The molecule has 3 aromatic carbocycles. The van der Waals surface area contributed by atoms with Gasteiger partial charge in [0.05, 0.1) is 4.90 Å². The Morgan fingerprint density at radius 1 is 1.00 bits per heavy atom. The van der Waals surface area contributed by atoms with Crippen LogP contribution in [0.2, 0.25) is 10.0 Å². The third-order valence-corrected chi connectivity index (χ3v) is 11.7. The maximum Gasteiger partial charge on any atom is 0.242 e. The molecule has 0 saturated carbocycles. The number of sulfonamides is 1. The third kappa shape index (κ3) is 5.61. The zero-order chi connectivity index (χ0) is 26.0. The monoisotopic (exact) mass is 574 g/mol. The molecular weight excluding hydrogens is 543 g/mol. The topological polar surface area (TPSA) is 49.4 Å². The molecule has 3 aromatic rings. The first-order chi connectivity index (χ1) is 17.8. The van der Waals surface area contributed by atoms with Crippen LogP contribution in [-0.4, -0.2) is 44.7 Å². The third-order valence-electron chi connectivity index (χ3n) is 7.87. The number of nitrogens with one attached hydrogen (secondary N) is 1. The number of rotatable bonds is 8. The highest BCUT2D eigenvalue weighted by molar-refractivity contribution is 8.00. The van der Waals surface area contributed by atoms with E-state index in [2.05, 4.69) is 29.6 Å². The first-order valence-electron chi connectivity index (χ1n) is 12.7. The van der Waals surface area contributed by atoms with E-state index in [4.69, 9.17) is 23.2 Å². The molecule has 2 aliphatic rings. The first kappa shape index (κ1) is 27.0. The van der Waals surface area contributed by atoms with Crippen LogP contribution in [0.1, 0.15) is 42.7 Å². The number of benzene rings is 3. The number of halogens is 2. The Labute approximate surface area is 234 Å². The lowest BCUT2D eigenvalue weighted by molar-refractivity contribution is 0.287. The minimum absolute atomic E-state index is 0.0391. The van der Waals surface area contributed by atoms with Crippen molar-refractivity contribution >= 4 is 45.0 Å². The van der Waals surface area contributed by atoms with Crippen molar-refractivity contribution in [3.05, 3.63) is 94.0 Å². The second kappa shape index (κ2) is 11.3. The van der Waals surface area contributed by atoms with Gasteiger partial charge in [-0.2, -0.15) is 0 Å². The largest absolute Gasteiger partial charge is 0.317 e. The van der Waals surface area contributed by atoms with E-state index < -0.39 is 10.0 Å². The highest BCUT2D eigenvalue weighted by atomic mass is 35.5. The predicted octanol–water partition coefficient (Wildman–Crippen LogP) is 6.97. The van der Waals surface area contributed by atoms with Crippen molar-refractivity contribution in [3.8, 4) is 0 Å². The van der Waals surface area contributed by atoms with Gasteiger partial charge >= 0.3 is 0 Å². The highest BCUT2D eigenvalue weighted by Gasteiger charge is 2.47. The molecule has 2 heterocycles. The SMILES string of the molecule is CN(C[C@H](CC[C@@H]1Sc2ccccc2C12CCNCC2)c1cc(Cl)cc(Cl)c1)S(=O)(=O)c1ccccc1. The Morgan fingerprint density at radius 3 is 2.35 bits per heavy atom. The predicted molar refractivity (Wildman–Crippen MR) is 155 cm³/mol. The second-order valence-corrected chi connectivity index (χ2v) is 14.2. The molecule has 5 rings (SSSR count). The normalized spacial score (nSPS) is 19.7. The van der Waals surface area contributed by atoms with Gasteiger partial charge in [0.25, 0.3) is 0 Å². The molecule has 4 nitrogen and oxygen atoms in total. The summed E-state index contributed by atoms with van der Waals surface area (Å²) in [5, 5.41) is 5.12. The van der Waals surface area contributed by atoms with Crippen LogP contribution in [0.3, 0.4) is 0 Å². The smallest absolute Gasteiger partial charge is 0.242 e. The van der Waals surface area contributed by atoms with Crippen molar-refractivity contribution in [1.82, 2.24) is 9.62 Å². The Hall–Kier alpha value is -1.54. The maximum absolute atomic E-state index is 13.3. The fourth-order valence-electron chi connectivity index (χ4n) is 5.93. The van der Waals surface area contributed by atoms with Gasteiger partial charge < -0.3 is 5.32 Å². The second-order valence-electron chi connectivity index (χ2n) is 10.1. The summed E-state index contributed by atoms with van der Waals surface area (Å²) in [5.74, 6) is -0.0391. The van der Waals surface area contributed by atoms with Gasteiger partial charge in [-0.05, 0) is 92.2 Å². The van der Waals surface area contributed by atoms with Crippen molar-refractivity contribution < 1.29 is 8.42 Å². The summed E-state index contributed by atoms with van der Waals surface area (Å²) < 4.78 is 28.2. The molecule has 0 radical (unpaired) electrons. The number of nitrogens with zero attached hydrogens (tertiary/aromatic N) is 1. The van der Waals surface area contributed by atoms with E-state index in [0.29, 0.717) is 26.7 Å². The maximum atomic E-state index is 13.3. The van der Waals surface area contributed by atoms with Crippen molar-refractivity contribution in [2.75, 3.05) is 26.7 Å². The number of hydrogen-bond acceptors (Lipinski definition) is 4. The van der Waals surface area contributed by atoms with Crippen LogP contribution in [0.25, 0.3) is 0 Å². The molecule has 0 aromatic heterocycles. The number of hydrogen-bond donors (Lipinski definition) is 1. The molecule has 8 heteroatoms. The average Bonchev–Trinajstić information content (AvgIpc) is 3.19. The van der Waals surface area contributed by atoms with Crippen LogP contribution in [0.15, 0.2) is 82.6 Å². The Bertz CT molecular complexity index is 1320. The van der Waals surface area contributed by atoms with Gasteiger partial charge in [-0.15, -0.1) is 11.8 Å². The number of thioether (sulfide) groups is 1. The Kier molecular flexibility index (Phi) is 8.25. The van der Waals surface area contributed by atoms with Crippen LogP contribution in [0.5, 0.6) is 0 Å². The standard InChI is InChI=1S/C29H32Cl2N2O2S2/c1-33(37(34,35)25-7-3-2-4-8-25)20-21(22-17-23(30)19-24(31)18-22)11-12-28-29(13-15-32-16-14-29)26-9-5-6-10-27(26)36-28/h2-10,17-19,21,28,32H,11-16,20H2,1H3/t21-,28-/m0/s1. The fourth-order valence-corrected chi connectivity index (χ4v) is 9.41. The summed E-state index contributed by atoms with van der Waals surface area (Å²) >= 11 is 14.8. The van der Waals surface area contributed by atoms with E-state index >= 15 is 0 Å². The molecule has 1 fully saturated rings. The van der Waals surface area contributed by atoms with E-state index in [1.165, 1.54) is 14.8 Å². The van der Waals surface area contributed by atoms with Crippen molar-refractivity contribution in [1.29, 1.82) is 0 Å². The van der Waals surface area contributed by atoms with Crippen molar-refractivity contribution in [2.24, 2.45) is 0 Å². The van der Waals surface area contributed by atoms with E-state index in [1.54, 1.807) is 37.4 Å². The molecule has 0 amide bonds. The van der Waals surface area contributed by atoms with Crippen LogP contribution in [0.4, 0.5) is 0 Å². The molecule has 2 aliphatic heterocycles. The lowest BCUT2D eigenvalue weighted by Crippen LogP contribution is -2.44. The summed E-state index contributed by atoms with van der Waals surface area (Å²) in [6.45, 7) is 2.40. The van der Waals surface area contributed by atoms with E-state index in [0.717, 1.165) is 44.3 Å². The van der Waals surface area contributed by atoms with Gasteiger partial charge in [-0.1, -0.05) is 59.6 Å². The quantitative estimate of drug-likeness (QED) is 0.315. The summed E-state index contributed by atoms with van der Waals surface area (Å²) in [6.07, 6.45) is 4.06. The van der Waals surface area contributed by atoms with E-state index in [-0.39, 0.29) is 11.3 Å². The minimum atomic E-state index is -3.62. The minimum Gasteiger partial charge on any atom is -0.317 e. The highest BCUT2D eigenvalue weighted by Crippen LogP contribution is 2.55. The number of piperidine rings is 1. The van der Waals surface area contributed by atoms with Crippen LogP contribution < -0.4 is 5.32 Å². The number of likely N-dealkylation sites (N-methyl/N-ethyl adjacent to an activating group) is 1. The molecule has 1 N–H and O–H groups in total. The van der Waals surface area contributed by atoms with Crippen LogP contribution in [-0.2, 0) is 15.4 Å².